The van der Waals surface area contributed by atoms with E-state index in [2.05, 4.69) is 16.3 Å². The molecule has 7 nitrogen and oxygen atoms in total. The lowest BCUT2D eigenvalue weighted by molar-refractivity contribution is -0.131. The summed E-state index contributed by atoms with van der Waals surface area (Å²) in [6.07, 6.45) is 2.02. The largest absolute Gasteiger partial charge is 0.497 e. The first-order valence-corrected chi connectivity index (χ1v) is 10.6. The van der Waals surface area contributed by atoms with Crippen molar-refractivity contribution in [2.75, 3.05) is 20.2 Å². The van der Waals surface area contributed by atoms with Gasteiger partial charge < -0.3 is 9.64 Å². The highest BCUT2D eigenvalue weighted by Crippen LogP contribution is 2.27. The molecule has 0 unspecified atom stereocenters. The van der Waals surface area contributed by atoms with Gasteiger partial charge in [-0.05, 0) is 43.0 Å². The summed E-state index contributed by atoms with van der Waals surface area (Å²) in [4.78, 5) is 27.0. The van der Waals surface area contributed by atoms with Gasteiger partial charge in [0.1, 0.15) is 11.6 Å². The maximum atomic E-state index is 12.7. The molecule has 2 aromatic carbocycles. The van der Waals surface area contributed by atoms with Crippen molar-refractivity contribution in [1.82, 2.24) is 19.7 Å². The van der Waals surface area contributed by atoms with Gasteiger partial charge >= 0.3 is 5.69 Å². The average Bonchev–Trinajstić information content (AvgIpc) is 3.14. The van der Waals surface area contributed by atoms with Crippen LogP contribution in [0.15, 0.2) is 53.3 Å². The van der Waals surface area contributed by atoms with Crippen LogP contribution in [0.1, 0.15) is 41.3 Å². The van der Waals surface area contributed by atoms with Crippen molar-refractivity contribution in [1.29, 1.82) is 0 Å². The van der Waals surface area contributed by atoms with Crippen molar-refractivity contribution < 1.29 is 9.53 Å². The molecule has 1 aliphatic heterocycles. The van der Waals surface area contributed by atoms with Gasteiger partial charge in [0.2, 0.25) is 5.91 Å². The standard InChI is InChI=1S/C24H28N4O3/c1-17-4-3-5-19(14-17)15-22(29)27-12-10-20(11-13-27)23-25-26-24(30)28(23)16-18-6-8-21(31-2)9-7-18/h3-9,14,20H,10-13,15-16H2,1-2H3,(H,26,30). The van der Waals surface area contributed by atoms with Crippen molar-refractivity contribution in [3.05, 3.63) is 81.5 Å². The minimum atomic E-state index is -0.205. The van der Waals surface area contributed by atoms with Crippen LogP contribution >= 0.6 is 0 Å². The smallest absolute Gasteiger partial charge is 0.343 e. The van der Waals surface area contributed by atoms with Gasteiger partial charge in [0.05, 0.1) is 20.1 Å². The van der Waals surface area contributed by atoms with Crippen LogP contribution in [0.2, 0.25) is 0 Å². The minimum Gasteiger partial charge on any atom is -0.497 e. The van der Waals surface area contributed by atoms with Gasteiger partial charge in [-0.2, -0.15) is 5.10 Å². The first-order chi connectivity index (χ1) is 15.0. The Labute approximate surface area is 181 Å². The molecule has 1 amide bonds. The van der Waals surface area contributed by atoms with Gasteiger partial charge in [0.25, 0.3) is 0 Å². The first-order valence-electron chi connectivity index (χ1n) is 10.6. The van der Waals surface area contributed by atoms with Crippen LogP contribution < -0.4 is 10.4 Å². The van der Waals surface area contributed by atoms with Crippen LogP contribution in [0.25, 0.3) is 0 Å². The molecule has 1 fully saturated rings. The van der Waals surface area contributed by atoms with E-state index in [0.29, 0.717) is 26.1 Å². The molecule has 1 N–H and O–H groups in total. The van der Waals surface area contributed by atoms with E-state index < -0.39 is 0 Å². The summed E-state index contributed by atoms with van der Waals surface area (Å²) in [5, 5.41) is 6.92. The van der Waals surface area contributed by atoms with Crippen molar-refractivity contribution in [3.8, 4) is 5.75 Å². The van der Waals surface area contributed by atoms with Crippen LogP contribution in [-0.2, 0) is 17.8 Å². The number of hydrogen-bond acceptors (Lipinski definition) is 4. The number of likely N-dealkylation sites (tertiary alicyclic amines) is 1. The lowest BCUT2D eigenvalue weighted by atomic mass is 9.95. The van der Waals surface area contributed by atoms with Crippen LogP contribution in [0.4, 0.5) is 0 Å². The Morgan fingerprint density at radius 1 is 1.13 bits per heavy atom. The van der Waals surface area contributed by atoms with Crippen LogP contribution in [0, 0.1) is 6.92 Å². The lowest BCUT2D eigenvalue weighted by Crippen LogP contribution is -2.39. The molecular formula is C24H28N4O3. The number of aryl methyl sites for hydroxylation is 1. The van der Waals surface area contributed by atoms with E-state index in [1.54, 1.807) is 11.7 Å². The molecule has 4 rings (SSSR count). The number of ether oxygens (including phenoxy) is 1. The van der Waals surface area contributed by atoms with Crippen LogP contribution in [0.3, 0.4) is 0 Å². The molecule has 0 atom stereocenters. The summed E-state index contributed by atoms with van der Waals surface area (Å²) in [6, 6.07) is 15.8. The molecule has 31 heavy (non-hydrogen) atoms. The molecular weight excluding hydrogens is 392 g/mol. The van der Waals surface area contributed by atoms with Gasteiger partial charge in [-0.25, -0.2) is 9.89 Å². The second kappa shape index (κ2) is 9.20. The van der Waals surface area contributed by atoms with E-state index in [4.69, 9.17) is 4.74 Å². The molecule has 1 saturated heterocycles. The molecule has 2 heterocycles. The highest BCUT2D eigenvalue weighted by atomic mass is 16.5. The fraction of sp³-hybridized carbons (Fsp3) is 0.375. The predicted molar refractivity (Wildman–Crippen MR) is 118 cm³/mol. The summed E-state index contributed by atoms with van der Waals surface area (Å²) in [6.45, 7) is 3.85. The van der Waals surface area contributed by atoms with E-state index in [1.807, 2.05) is 54.3 Å². The fourth-order valence-electron chi connectivity index (χ4n) is 4.20. The van der Waals surface area contributed by atoms with Gasteiger partial charge in [0, 0.05) is 19.0 Å². The Hall–Kier alpha value is -3.35. The van der Waals surface area contributed by atoms with Crippen molar-refractivity contribution in [2.24, 2.45) is 0 Å². The molecule has 0 radical (unpaired) electrons. The third-order valence-corrected chi connectivity index (χ3v) is 5.94. The second-order valence-electron chi connectivity index (χ2n) is 8.14. The second-order valence-corrected chi connectivity index (χ2v) is 8.14. The van der Waals surface area contributed by atoms with Crippen molar-refractivity contribution in [2.45, 2.75) is 38.6 Å². The van der Waals surface area contributed by atoms with E-state index in [0.717, 1.165) is 41.1 Å². The van der Waals surface area contributed by atoms with Crippen LogP contribution in [0.5, 0.6) is 5.75 Å². The zero-order valence-corrected chi connectivity index (χ0v) is 18.0. The number of benzene rings is 2. The number of piperidine rings is 1. The fourth-order valence-corrected chi connectivity index (χ4v) is 4.20. The topological polar surface area (TPSA) is 80.2 Å². The molecule has 162 valence electrons. The molecule has 1 aromatic heterocycles. The Morgan fingerprint density at radius 3 is 2.55 bits per heavy atom. The first kappa shape index (κ1) is 20.9. The number of H-pyrrole nitrogens is 1. The number of methoxy groups -OCH3 is 1. The van der Waals surface area contributed by atoms with Crippen molar-refractivity contribution in [3.63, 3.8) is 0 Å². The third kappa shape index (κ3) is 4.87. The van der Waals surface area contributed by atoms with Crippen molar-refractivity contribution >= 4 is 5.91 Å². The monoisotopic (exact) mass is 420 g/mol. The Balaban J connectivity index is 1.39. The summed E-state index contributed by atoms with van der Waals surface area (Å²) < 4.78 is 6.91. The number of nitrogens with zero attached hydrogens (tertiary/aromatic N) is 3. The summed E-state index contributed by atoms with van der Waals surface area (Å²) in [5.74, 6) is 1.86. The maximum absolute atomic E-state index is 12.7. The predicted octanol–water partition coefficient (Wildman–Crippen LogP) is 2.89. The van der Waals surface area contributed by atoms with Gasteiger partial charge in [-0.1, -0.05) is 42.0 Å². The molecule has 0 aliphatic carbocycles. The number of carbonyl (C=O) groups excluding carboxylic acids is 1. The Morgan fingerprint density at radius 2 is 1.87 bits per heavy atom. The highest BCUT2D eigenvalue weighted by Gasteiger charge is 2.27. The Kier molecular flexibility index (Phi) is 6.21. The number of aromatic nitrogens is 3. The molecule has 3 aromatic rings. The molecule has 0 saturated carbocycles. The summed E-state index contributed by atoms with van der Waals surface area (Å²) in [5.41, 5.74) is 3.02. The molecule has 1 aliphatic rings. The van der Waals surface area contributed by atoms with Gasteiger partial charge in [0.15, 0.2) is 0 Å². The van der Waals surface area contributed by atoms with Gasteiger partial charge in [-0.3, -0.25) is 9.36 Å². The number of rotatable bonds is 6. The average molecular weight is 421 g/mol. The van der Waals surface area contributed by atoms with E-state index in [1.165, 1.54) is 0 Å². The molecule has 0 bridgehead atoms. The zero-order valence-electron chi connectivity index (χ0n) is 18.0. The van der Waals surface area contributed by atoms with E-state index in [9.17, 15) is 9.59 Å². The summed E-state index contributed by atoms with van der Waals surface area (Å²) in [7, 11) is 1.63. The molecule has 7 heteroatoms. The minimum absolute atomic E-state index is 0.153. The quantitative estimate of drug-likeness (QED) is 0.665. The van der Waals surface area contributed by atoms with E-state index >= 15 is 0 Å². The zero-order chi connectivity index (χ0) is 21.8. The number of nitrogens with one attached hydrogen (secondary N) is 1. The number of carbonyl (C=O) groups is 1. The van der Waals surface area contributed by atoms with Crippen LogP contribution in [-0.4, -0.2) is 45.8 Å². The van der Waals surface area contributed by atoms with Gasteiger partial charge in [-0.15, -0.1) is 0 Å². The maximum Gasteiger partial charge on any atom is 0.343 e. The highest BCUT2D eigenvalue weighted by molar-refractivity contribution is 5.78. The Bertz CT molecular complexity index is 1090. The number of aromatic amines is 1. The normalized spacial score (nSPS) is 14.6. The van der Waals surface area contributed by atoms with E-state index in [-0.39, 0.29) is 17.5 Å². The number of amides is 1. The summed E-state index contributed by atoms with van der Waals surface area (Å²) >= 11 is 0. The third-order valence-electron chi connectivity index (χ3n) is 5.94. The SMILES string of the molecule is COc1ccc(Cn2c(C3CCN(C(=O)Cc4cccc(C)c4)CC3)n[nH]c2=O)cc1. The molecule has 0 spiro atoms. The lowest BCUT2D eigenvalue weighted by Gasteiger charge is -2.31. The number of hydrogen-bond donors (Lipinski definition) is 1.